The van der Waals surface area contributed by atoms with Crippen LogP contribution in [0.5, 0.6) is 5.75 Å². The van der Waals surface area contributed by atoms with E-state index in [1.165, 1.54) is 17.5 Å². The Hall–Kier alpha value is -1.55. The molecule has 0 aliphatic heterocycles. The van der Waals surface area contributed by atoms with Crippen LogP contribution in [0.25, 0.3) is 0 Å². The fourth-order valence-corrected chi connectivity index (χ4v) is 6.54. The van der Waals surface area contributed by atoms with E-state index in [4.69, 9.17) is 9.47 Å². The molecule has 1 aromatic rings. The fraction of sp³-hybridized carbons (Fsp3) is 0.696. The van der Waals surface area contributed by atoms with Gasteiger partial charge in [0.1, 0.15) is 5.75 Å². The standard InChI is InChI=1S/C23H32O4/c1-4-27-21(24)14-23(25)12-10-20-19-7-5-15-13-16(26-3)6-8-17(15)18(19)9-11-22(20,23)2/h6,8,13,18-20,25H,4-5,7,9-12,14H2,1-3H3/t18-,19-,20+,22+,23-/m1/s1. The quantitative estimate of drug-likeness (QED) is 0.804. The van der Waals surface area contributed by atoms with Crippen molar-refractivity contribution in [1.29, 1.82) is 0 Å². The van der Waals surface area contributed by atoms with Crippen LogP contribution in [0.15, 0.2) is 18.2 Å². The Bertz CT molecular complexity index is 729. The summed E-state index contributed by atoms with van der Waals surface area (Å²) in [7, 11) is 1.72. The lowest BCUT2D eigenvalue weighted by Gasteiger charge is -2.53. The molecule has 2 fully saturated rings. The van der Waals surface area contributed by atoms with E-state index in [1.807, 2.05) is 6.92 Å². The van der Waals surface area contributed by atoms with Crippen LogP contribution in [0, 0.1) is 17.3 Å². The average Bonchev–Trinajstić information content (AvgIpc) is 2.92. The first-order valence-electron chi connectivity index (χ1n) is 10.5. The number of hydrogen-bond acceptors (Lipinski definition) is 4. The number of aliphatic hydroxyl groups is 1. The lowest BCUT2D eigenvalue weighted by Crippen LogP contribution is -2.51. The number of benzene rings is 1. The van der Waals surface area contributed by atoms with Crippen molar-refractivity contribution in [3.05, 3.63) is 29.3 Å². The van der Waals surface area contributed by atoms with Gasteiger partial charge < -0.3 is 14.6 Å². The van der Waals surface area contributed by atoms with Crippen LogP contribution in [0.1, 0.15) is 69.4 Å². The Labute approximate surface area is 162 Å². The second-order valence-electron chi connectivity index (χ2n) is 8.99. The first-order chi connectivity index (χ1) is 12.9. The van der Waals surface area contributed by atoms with E-state index >= 15 is 0 Å². The molecule has 3 aliphatic carbocycles. The molecule has 0 unspecified atom stereocenters. The van der Waals surface area contributed by atoms with Gasteiger partial charge in [-0.15, -0.1) is 0 Å². The molecule has 0 bridgehead atoms. The molecule has 4 nitrogen and oxygen atoms in total. The summed E-state index contributed by atoms with van der Waals surface area (Å²) in [6.07, 6.45) is 6.17. The largest absolute Gasteiger partial charge is 0.497 e. The molecular formula is C23H32O4. The number of ether oxygens (including phenoxy) is 2. The SMILES string of the molecule is CCOC(=O)C[C@]1(O)CC[C@H]2[C@@H]3CCc4cc(OC)ccc4[C@H]3CC[C@@]21C. The molecule has 0 spiro atoms. The maximum Gasteiger partial charge on any atom is 0.308 e. The molecule has 2 saturated carbocycles. The molecule has 0 amide bonds. The fourth-order valence-electron chi connectivity index (χ4n) is 6.54. The molecule has 0 saturated heterocycles. The average molecular weight is 373 g/mol. The van der Waals surface area contributed by atoms with Gasteiger partial charge in [-0.1, -0.05) is 13.0 Å². The smallest absolute Gasteiger partial charge is 0.308 e. The predicted molar refractivity (Wildman–Crippen MR) is 104 cm³/mol. The Morgan fingerprint density at radius 3 is 2.81 bits per heavy atom. The monoisotopic (exact) mass is 372 g/mol. The van der Waals surface area contributed by atoms with Gasteiger partial charge in [0, 0.05) is 5.41 Å². The predicted octanol–water partition coefficient (Wildman–Crippen LogP) is 4.24. The summed E-state index contributed by atoms with van der Waals surface area (Å²) in [5.41, 5.74) is 1.80. The van der Waals surface area contributed by atoms with Crippen molar-refractivity contribution < 1.29 is 19.4 Å². The molecule has 3 aliphatic rings. The van der Waals surface area contributed by atoms with Crippen LogP contribution in [0.4, 0.5) is 0 Å². The topological polar surface area (TPSA) is 55.8 Å². The number of esters is 1. The van der Waals surface area contributed by atoms with Crippen molar-refractivity contribution in [2.24, 2.45) is 17.3 Å². The zero-order valence-electron chi connectivity index (χ0n) is 16.8. The van der Waals surface area contributed by atoms with Gasteiger partial charge in [0.05, 0.1) is 25.7 Å². The maximum absolute atomic E-state index is 12.1. The summed E-state index contributed by atoms with van der Waals surface area (Å²) in [6, 6.07) is 6.54. The van der Waals surface area contributed by atoms with Gasteiger partial charge in [-0.2, -0.15) is 0 Å². The highest BCUT2D eigenvalue weighted by molar-refractivity contribution is 5.71. The van der Waals surface area contributed by atoms with E-state index in [1.54, 1.807) is 7.11 Å². The third-order valence-electron chi connectivity index (χ3n) is 8.00. The minimum Gasteiger partial charge on any atom is -0.497 e. The summed E-state index contributed by atoms with van der Waals surface area (Å²) < 4.78 is 10.6. The van der Waals surface area contributed by atoms with E-state index in [0.717, 1.165) is 31.4 Å². The minimum absolute atomic E-state index is 0.138. The summed E-state index contributed by atoms with van der Waals surface area (Å²) in [4.78, 5) is 12.1. The van der Waals surface area contributed by atoms with Crippen molar-refractivity contribution in [2.75, 3.05) is 13.7 Å². The molecule has 5 atom stereocenters. The van der Waals surface area contributed by atoms with E-state index in [-0.39, 0.29) is 17.8 Å². The van der Waals surface area contributed by atoms with Crippen LogP contribution in [-0.2, 0) is 16.0 Å². The zero-order chi connectivity index (χ0) is 19.2. The van der Waals surface area contributed by atoms with Crippen LogP contribution >= 0.6 is 0 Å². The molecule has 148 valence electrons. The van der Waals surface area contributed by atoms with Gasteiger partial charge in [0.15, 0.2) is 0 Å². The molecule has 27 heavy (non-hydrogen) atoms. The van der Waals surface area contributed by atoms with E-state index in [0.29, 0.717) is 30.8 Å². The first-order valence-corrected chi connectivity index (χ1v) is 10.5. The van der Waals surface area contributed by atoms with Gasteiger partial charge in [-0.25, -0.2) is 0 Å². The molecule has 0 radical (unpaired) electrons. The lowest BCUT2D eigenvalue weighted by atomic mass is 9.53. The van der Waals surface area contributed by atoms with Gasteiger partial charge in [0.25, 0.3) is 0 Å². The van der Waals surface area contributed by atoms with Crippen LogP contribution in [0.3, 0.4) is 0 Å². The van der Waals surface area contributed by atoms with Gasteiger partial charge in [-0.3, -0.25) is 4.79 Å². The number of hydrogen-bond donors (Lipinski definition) is 1. The number of fused-ring (bicyclic) bond motifs is 5. The first kappa shape index (κ1) is 18.8. The van der Waals surface area contributed by atoms with E-state index in [2.05, 4.69) is 25.1 Å². The van der Waals surface area contributed by atoms with Gasteiger partial charge >= 0.3 is 5.97 Å². The maximum atomic E-state index is 12.1. The number of carbonyl (C=O) groups is 1. The van der Waals surface area contributed by atoms with Crippen molar-refractivity contribution >= 4 is 5.97 Å². The second-order valence-corrected chi connectivity index (χ2v) is 8.99. The molecule has 1 N–H and O–H groups in total. The third-order valence-corrected chi connectivity index (χ3v) is 8.00. The van der Waals surface area contributed by atoms with Crippen LogP contribution < -0.4 is 4.74 Å². The van der Waals surface area contributed by atoms with Crippen LogP contribution in [0.2, 0.25) is 0 Å². The Morgan fingerprint density at radius 2 is 2.07 bits per heavy atom. The number of methoxy groups -OCH3 is 1. The highest BCUT2D eigenvalue weighted by atomic mass is 16.5. The minimum atomic E-state index is -0.922. The Balaban J connectivity index is 1.59. The van der Waals surface area contributed by atoms with Crippen molar-refractivity contribution in [3.63, 3.8) is 0 Å². The lowest BCUT2D eigenvalue weighted by molar-refractivity contribution is -0.159. The molecule has 0 heterocycles. The van der Waals surface area contributed by atoms with Crippen molar-refractivity contribution in [3.8, 4) is 5.75 Å². The number of carbonyl (C=O) groups excluding carboxylic acids is 1. The van der Waals surface area contributed by atoms with Crippen molar-refractivity contribution in [2.45, 2.75) is 70.3 Å². The normalized spacial score (nSPS) is 37.1. The summed E-state index contributed by atoms with van der Waals surface area (Å²) >= 11 is 0. The second kappa shape index (κ2) is 6.80. The van der Waals surface area contributed by atoms with Crippen molar-refractivity contribution in [1.82, 2.24) is 0 Å². The zero-order valence-corrected chi connectivity index (χ0v) is 16.8. The molecular weight excluding hydrogens is 340 g/mol. The number of rotatable bonds is 4. The van der Waals surface area contributed by atoms with E-state index in [9.17, 15) is 9.90 Å². The molecule has 1 aromatic carbocycles. The van der Waals surface area contributed by atoms with Crippen LogP contribution in [-0.4, -0.2) is 30.4 Å². The van der Waals surface area contributed by atoms with Gasteiger partial charge in [-0.05, 0) is 86.5 Å². The molecule has 4 rings (SSSR count). The Morgan fingerprint density at radius 1 is 1.26 bits per heavy atom. The summed E-state index contributed by atoms with van der Waals surface area (Å²) in [5.74, 6) is 2.33. The summed E-state index contributed by atoms with van der Waals surface area (Å²) in [5, 5.41) is 11.5. The number of aryl methyl sites for hydroxylation is 1. The molecule has 4 heteroatoms. The summed E-state index contributed by atoms with van der Waals surface area (Å²) in [6.45, 7) is 4.42. The third kappa shape index (κ3) is 2.88. The highest BCUT2D eigenvalue weighted by Crippen LogP contribution is 2.65. The molecule has 0 aromatic heterocycles. The Kier molecular flexibility index (Phi) is 4.74. The van der Waals surface area contributed by atoms with E-state index < -0.39 is 5.60 Å². The van der Waals surface area contributed by atoms with Gasteiger partial charge in [0.2, 0.25) is 0 Å². The highest BCUT2D eigenvalue weighted by Gasteiger charge is 2.62.